The molecular formula is C11H16ClNO3S. The molecule has 1 aromatic rings. The monoisotopic (exact) mass is 277 g/mol. The average molecular weight is 278 g/mol. The minimum Gasteiger partial charge on any atom is -0.392 e. The van der Waals surface area contributed by atoms with Gasteiger partial charge in [-0.1, -0.05) is 17.7 Å². The lowest BCUT2D eigenvalue weighted by molar-refractivity contribution is 0.171. The lowest BCUT2D eigenvalue weighted by Crippen LogP contribution is -2.33. The number of hydrogen-bond acceptors (Lipinski definition) is 3. The number of aliphatic hydroxyl groups excluding tert-OH is 1. The molecule has 1 rings (SSSR count). The Morgan fingerprint density at radius 3 is 2.59 bits per heavy atom. The van der Waals surface area contributed by atoms with Gasteiger partial charge in [0.05, 0.1) is 11.1 Å². The lowest BCUT2D eigenvalue weighted by Gasteiger charge is -2.19. The molecule has 0 aliphatic heterocycles. The number of nitrogens with zero attached hydrogens (tertiary/aromatic N) is 1. The normalized spacial score (nSPS) is 14.0. The third-order valence-electron chi connectivity index (χ3n) is 2.30. The van der Waals surface area contributed by atoms with E-state index in [-0.39, 0.29) is 16.5 Å². The van der Waals surface area contributed by atoms with Crippen LogP contribution in [0.25, 0.3) is 0 Å². The molecule has 96 valence electrons. The molecule has 0 spiro atoms. The summed E-state index contributed by atoms with van der Waals surface area (Å²) in [6.45, 7) is 3.36. The first-order valence-corrected chi connectivity index (χ1v) is 6.97. The van der Waals surface area contributed by atoms with Crippen LogP contribution in [0.4, 0.5) is 0 Å². The van der Waals surface area contributed by atoms with Crippen molar-refractivity contribution in [3.05, 3.63) is 28.8 Å². The largest absolute Gasteiger partial charge is 0.392 e. The van der Waals surface area contributed by atoms with E-state index in [1.165, 1.54) is 20.0 Å². The SMILES string of the molecule is Cc1ccc(Cl)c(S(=O)(=O)N(C)CC(C)O)c1. The molecule has 0 radical (unpaired) electrons. The first-order chi connectivity index (χ1) is 7.75. The lowest BCUT2D eigenvalue weighted by atomic mass is 10.2. The van der Waals surface area contributed by atoms with Gasteiger partial charge >= 0.3 is 0 Å². The van der Waals surface area contributed by atoms with Gasteiger partial charge in [-0.2, -0.15) is 4.31 Å². The van der Waals surface area contributed by atoms with E-state index in [4.69, 9.17) is 11.6 Å². The summed E-state index contributed by atoms with van der Waals surface area (Å²) in [6, 6.07) is 4.83. The summed E-state index contributed by atoms with van der Waals surface area (Å²) in [5.74, 6) is 0. The van der Waals surface area contributed by atoms with Gasteiger partial charge in [-0.3, -0.25) is 0 Å². The number of hydrogen-bond donors (Lipinski definition) is 1. The standard InChI is InChI=1S/C11H16ClNO3S/c1-8-4-5-10(12)11(6-8)17(15,16)13(3)7-9(2)14/h4-6,9,14H,7H2,1-3H3. The summed E-state index contributed by atoms with van der Waals surface area (Å²) >= 11 is 5.89. The van der Waals surface area contributed by atoms with Crippen molar-refractivity contribution in [2.45, 2.75) is 24.8 Å². The number of benzene rings is 1. The molecule has 0 amide bonds. The molecule has 0 fully saturated rings. The van der Waals surface area contributed by atoms with Crippen LogP contribution in [-0.2, 0) is 10.0 Å². The predicted octanol–water partition coefficient (Wildman–Crippen LogP) is 1.65. The number of rotatable bonds is 4. The highest BCUT2D eigenvalue weighted by Gasteiger charge is 2.24. The van der Waals surface area contributed by atoms with Crippen molar-refractivity contribution < 1.29 is 13.5 Å². The minimum atomic E-state index is -3.65. The summed E-state index contributed by atoms with van der Waals surface area (Å²) in [5.41, 5.74) is 0.818. The molecule has 0 saturated heterocycles. The van der Waals surface area contributed by atoms with E-state index in [0.717, 1.165) is 9.87 Å². The first kappa shape index (κ1) is 14.4. The Hall–Kier alpha value is -0.620. The number of halogens is 1. The van der Waals surface area contributed by atoms with Gasteiger partial charge in [0, 0.05) is 13.6 Å². The molecule has 1 N–H and O–H groups in total. The highest BCUT2D eigenvalue weighted by molar-refractivity contribution is 7.89. The molecule has 4 nitrogen and oxygen atoms in total. The van der Waals surface area contributed by atoms with E-state index in [0.29, 0.717) is 0 Å². The molecule has 0 bridgehead atoms. The molecule has 0 aromatic heterocycles. The zero-order valence-electron chi connectivity index (χ0n) is 10.0. The molecule has 0 aliphatic carbocycles. The number of aliphatic hydroxyl groups is 1. The fourth-order valence-corrected chi connectivity index (χ4v) is 3.25. The second kappa shape index (κ2) is 5.35. The van der Waals surface area contributed by atoms with Gasteiger partial charge < -0.3 is 5.11 Å². The zero-order valence-corrected chi connectivity index (χ0v) is 11.6. The third kappa shape index (κ3) is 3.42. The van der Waals surface area contributed by atoms with Crippen LogP contribution >= 0.6 is 11.6 Å². The Bertz CT molecular complexity index is 499. The second-order valence-corrected chi connectivity index (χ2v) is 6.49. The maximum atomic E-state index is 12.2. The smallest absolute Gasteiger partial charge is 0.244 e. The first-order valence-electron chi connectivity index (χ1n) is 5.15. The summed E-state index contributed by atoms with van der Waals surface area (Å²) in [6.07, 6.45) is -0.724. The van der Waals surface area contributed by atoms with E-state index in [2.05, 4.69) is 0 Å². The highest BCUT2D eigenvalue weighted by atomic mass is 35.5. The summed E-state index contributed by atoms with van der Waals surface area (Å²) in [4.78, 5) is 0.0716. The van der Waals surface area contributed by atoms with Gasteiger partial charge in [0.2, 0.25) is 10.0 Å². The van der Waals surface area contributed by atoms with Crippen LogP contribution in [-0.4, -0.2) is 37.5 Å². The van der Waals surface area contributed by atoms with Crippen LogP contribution in [0.1, 0.15) is 12.5 Å². The van der Waals surface area contributed by atoms with Crippen LogP contribution in [0.3, 0.4) is 0 Å². The van der Waals surface area contributed by atoms with E-state index >= 15 is 0 Å². The molecule has 0 saturated carbocycles. The Labute approximate surface area is 107 Å². The summed E-state index contributed by atoms with van der Waals surface area (Å²) < 4.78 is 25.4. The van der Waals surface area contributed by atoms with Crippen LogP contribution in [0.15, 0.2) is 23.1 Å². The maximum absolute atomic E-state index is 12.2. The number of sulfonamides is 1. The van der Waals surface area contributed by atoms with Crippen molar-refractivity contribution in [1.82, 2.24) is 4.31 Å². The van der Waals surface area contributed by atoms with Gasteiger partial charge in [0.25, 0.3) is 0 Å². The van der Waals surface area contributed by atoms with E-state index < -0.39 is 16.1 Å². The van der Waals surface area contributed by atoms with Crippen molar-refractivity contribution in [2.24, 2.45) is 0 Å². The molecule has 6 heteroatoms. The van der Waals surface area contributed by atoms with E-state index in [1.807, 2.05) is 0 Å². The molecule has 0 heterocycles. The summed E-state index contributed by atoms with van der Waals surface area (Å²) in [5, 5.41) is 9.41. The van der Waals surface area contributed by atoms with Crippen LogP contribution in [0, 0.1) is 6.92 Å². The van der Waals surface area contributed by atoms with Gasteiger partial charge in [-0.15, -0.1) is 0 Å². The molecule has 1 atom stereocenters. The Kier molecular flexibility index (Phi) is 4.55. The molecule has 0 aliphatic rings. The molecular weight excluding hydrogens is 262 g/mol. The van der Waals surface area contributed by atoms with Gasteiger partial charge in [-0.25, -0.2) is 8.42 Å². The Morgan fingerprint density at radius 1 is 1.47 bits per heavy atom. The fraction of sp³-hybridized carbons (Fsp3) is 0.455. The Morgan fingerprint density at radius 2 is 2.06 bits per heavy atom. The van der Waals surface area contributed by atoms with Gasteiger partial charge in [0.15, 0.2) is 0 Å². The predicted molar refractivity (Wildman–Crippen MR) is 67.7 cm³/mol. The van der Waals surface area contributed by atoms with Crippen molar-refractivity contribution >= 4 is 21.6 Å². The molecule has 17 heavy (non-hydrogen) atoms. The van der Waals surface area contributed by atoms with Crippen LogP contribution < -0.4 is 0 Å². The zero-order chi connectivity index (χ0) is 13.2. The molecule has 1 unspecified atom stereocenters. The van der Waals surface area contributed by atoms with E-state index in [9.17, 15) is 13.5 Å². The van der Waals surface area contributed by atoms with E-state index in [1.54, 1.807) is 19.1 Å². The van der Waals surface area contributed by atoms with Gasteiger partial charge in [-0.05, 0) is 31.5 Å². The molecule has 1 aromatic carbocycles. The summed E-state index contributed by atoms with van der Waals surface area (Å²) in [7, 11) is -2.23. The topological polar surface area (TPSA) is 57.6 Å². The second-order valence-electron chi connectivity index (χ2n) is 4.07. The highest BCUT2D eigenvalue weighted by Crippen LogP contribution is 2.25. The third-order valence-corrected chi connectivity index (χ3v) is 4.60. The van der Waals surface area contributed by atoms with Crippen LogP contribution in [0.2, 0.25) is 5.02 Å². The van der Waals surface area contributed by atoms with Crippen molar-refractivity contribution in [2.75, 3.05) is 13.6 Å². The average Bonchev–Trinajstić information content (AvgIpc) is 2.20. The van der Waals surface area contributed by atoms with Gasteiger partial charge in [0.1, 0.15) is 4.90 Å². The maximum Gasteiger partial charge on any atom is 0.244 e. The fourth-order valence-electron chi connectivity index (χ4n) is 1.45. The Balaban J connectivity index is 3.17. The quantitative estimate of drug-likeness (QED) is 0.910. The van der Waals surface area contributed by atoms with Crippen molar-refractivity contribution in [1.29, 1.82) is 0 Å². The minimum absolute atomic E-state index is 0.0343. The van der Waals surface area contributed by atoms with Crippen molar-refractivity contribution in [3.8, 4) is 0 Å². The number of likely N-dealkylation sites (N-methyl/N-ethyl adjacent to an activating group) is 1. The van der Waals surface area contributed by atoms with Crippen molar-refractivity contribution in [3.63, 3.8) is 0 Å². The van der Waals surface area contributed by atoms with Crippen LogP contribution in [0.5, 0.6) is 0 Å². The number of aryl methyl sites for hydroxylation is 1.